The highest BCUT2D eigenvalue weighted by Gasteiger charge is 2.29. The minimum absolute atomic E-state index is 0.0431. The number of carboxylic acid groups (broad SMARTS) is 1. The number of piperidine rings is 1. The molecule has 0 aromatic heterocycles. The Hall–Kier alpha value is -2.42. The fraction of sp³-hybridized carbons (Fsp3) is 0.556. The molecule has 0 saturated carbocycles. The monoisotopic (exact) mass is 386 g/mol. The van der Waals surface area contributed by atoms with Crippen molar-refractivity contribution in [1.82, 2.24) is 10.2 Å². The number of hydrogen-bond donors (Lipinski definition) is 2. The maximum atomic E-state index is 12.3. The highest BCUT2D eigenvalue weighted by atomic mass is 19.3. The van der Waals surface area contributed by atoms with Crippen molar-refractivity contribution in [2.24, 2.45) is 0 Å². The summed E-state index contributed by atoms with van der Waals surface area (Å²) in [7, 11) is 1.36. The van der Waals surface area contributed by atoms with Crippen LogP contribution in [0.4, 0.5) is 8.78 Å². The molecule has 0 aliphatic carbocycles. The first-order valence-electron chi connectivity index (χ1n) is 8.76. The molecule has 1 aliphatic rings. The standard InChI is InChI=1S/C18H24F2N2O5/c1-26-15-10-12(5-6-14(15)27-18(19)20)7-8-21-16(23)11-22-9-3-2-4-13(22)17(24)25/h5-6,10,13,18H,2-4,7-9,11H2,1H3,(H,21,23)(H,24,25). The van der Waals surface area contributed by atoms with E-state index in [4.69, 9.17) is 4.74 Å². The van der Waals surface area contributed by atoms with Crippen molar-refractivity contribution in [2.45, 2.75) is 38.3 Å². The lowest BCUT2D eigenvalue weighted by atomic mass is 10.0. The molecule has 0 radical (unpaired) electrons. The summed E-state index contributed by atoms with van der Waals surface area (Å²) in [4.78, 5) is 25.0. The third-order valence-corrected chi connectivity index (χ3v) is 4.43. The zero-order valence-electron chi connectivity index (χ0n) is 15.1. The number of carbonyl (C=O) groups is 2. The third-order valence-electron chi connectivity index (χ3n) is 4.43. The topological polar surface area (TPSA) is 88.1 Å². The normalized spacial score (nSPS) is 17.6. The molecule has 1 amide bonds. The summed E-state index contributed by atoms with van der Waals surface area (Å²) in [6, 6.07) is 3.98. The lowest BCUT2D eigenvalue weighted by Crippen LogP contribution is -2.49. The van der Waals surface area contributed by atoms with Crippen molar-refractivity contribution in [3.8, 4) is 11.5 Å². The number of nitrogens with zero attached hydrogens (tertiary/aromatic N) is 1. The van der Waals surface area contributed by atoms with E-state index < -0.39 is 18.6 Å². The molecule has 150 valence electrons. The van der Waals surface area contributed by atoms with Gasteiger partial charge in [0, 0.05) is 6.54 Å². The lowest BCUT2D eigenvalue weighted by molar-refractivity contribution is -0.145. The average Bonchev–Trinajstić information content (AvgIpc) is 2.62. The Morgan fingerprint density at radius 1 is 1.33 bits per heavy atom. The van der Waals surface area contributed by atoms with Gasteiger partial charge >= 0.3 is 12.6 Å². The maximum absolute atomic E-state index is 12.3. The van der Waals surface area contributed by atoms with Gasteiger partial charge in [0.25, 0.3) is 0 Å². The predicted octanol–water partition coefficient (Wildman–Crippen LogP) is 1.89. The number of alkyl halides is 2. The summed E-state index contributed by atoms with van der Waals surface area (Å²) in [5.41, 5.74) is 0.787. The second-order valence-electron chi connectivity index (χ2n) is 6.28. The Labute approximate surface area is 156 Å². The van der Waals surface area contributed by atoms with Crippen molar-refractivity contribution < 1.29 is 33.0 Å². The molecule has 0 spiro atoms. The Bertz CT molecular complexity index is 657. The largest absolute Gasteiger partial charge is 0.493 e. The number of likely N-dealkylation sites (tertiary alicyclic amines) is 1. The van der Waals surface area contributed by atoms with E-state index in [1.165, 1.54) is 13.2 Å². The number of ether oxygens (including phenoxy) is 2. The fourth-order valence-corrected chi connectivity index (χ4v) is 3.11. The van der Waals surface area contributed by atoms with Crippen LogP contribution in [-0.2, 0) is 16.0 Å². The van der Waals surface area contributed by atoms with Crippen molar-refractivity contribution in [2.75, 3.05) is 26.7 Å². The number of halogens is 2. The Balaban J connectivity index is 1.83. The third kappa shape index (κ3) is 6.35. The first-order chi connectivity index (χ1) is 12.9. The molecule has 1 aromatic rings. The number of methoxy groups -OCH3 is 1. The minimum atomic E-state index is -2.94. The molecular formula is C18H24F2N2O5. The predicted molar refractivity (Wildman–Crippen MR) is 93.2 cm³/mol. The van der Waals surface area contributed by atoms with E-state index in [-0.39, 0.29) is 24.0 Å². The van der Waals surface area contributed by atoms with Crippen molar-refractivity contribution in [3.05, 3.63) is 23.8 Å². The van der Waals surface area contributed by atoms with Crippen molar-refractivity contribution in [3.63, 3.8) is 0 Å². The van der Waals surface area contributed by atoms with E-state index in [1.54, 1.807) is 17.0 Å². The van der Waals surface area contributed by atoms with Crippen LogP contribution in [-0.4, -0.2) is 61.3 Å². The molecule has 1 fully saturated rings. The van der Waals surface area contributed by atoms with Crippen LogP contribution in [0.1, 0.15) is 24.8 Å². The van der Waals surface area contributed by atoms with Gasteiger partial charge in [-0.2, -0.15) is 8.78 Å². The number of carboxylic acids is 1. The number of rotatable bonds is 9. The summed E-state index contributed by atoms with van der Waals surface area (Å²) >= 11 is 0. The van der Waals surface area contributed by atoms with Gasteiger partial charge in [0.1, 0.15) is 6.04 Å². The van der Waals surface area contributed by atoms with Gasteiger partial charge in [-0.15, -0.1) is 0 Å². The van der Waals surface area contributed by atoms with Gasteiger partial charge in [0.2, 0.25) is 5.91 Å². The van der Waals surface area contributed by atoms with Gasteiger partial charge in [0.05, 0.1) is 13.7 Å². The second-order valence-corrected chi connectivity index (χ2v) is 6.28. The summed E-state index contributed by atoms with van der Waals surface area (Å²) in [6.45, 7) is -1.97. The quantitative estimate of drug-likeness (QED) is 0.674. The number of carbonyl (C=O) groups excluding carboxylic acids is 1. The molecule has 1 heterocycles. The molecular weight excluding hydrogens is 362 g/mol. The molecule has 7 nitrogen and oxygen atoms in total. The molecule has 1 unspecified atom stereocenters. The summed E-state index contributed by atoms with van der Waals surface area (Å²) in [5.74, 6) is -1.00. The molecule has 1 aliphatic heterocycles. The molecule has 27 heavy (non-hydrogen) atoms. The molecule has 0 bridgehead atoms. The number of nitrogens with one attached hydrogen (secondary N) is 1. The molecule has 2 N–H and O–H groups in total. The summed E-state index contributed by atoms with van der Waals surface area (Å²) in [5, 5.41) is 12.0. The van der Waals surface area contributed by atoms with Gasteiger partial charge in [-0.3, -0.25) is 14.5 Å². The number of benzene rings is 1. The van der Waals surface area contributed by atoms with Crippen LogP contribution in [0.3, 0.4) is 0 Å². The Morgan fingerprint density at radius 2 is 2.11 bits per heavy atom. The van der Waals surface area contributed by atoms with Crippen LogP contribution >= 0.6 is 0 Å². The zero-order valence-corrected chi connectivity index (χ0v) is 15.1. The van der Waals surface area contributed by atoms with Gasteiger partial charge < -0.3 is 19.9 Å². The molecule has 2 rings (SSSR count). The number of amides is 1. The summed E-state index contributed by atoms with van der Waals surface area (Å²) < 4.78 is 34.1. The number of aliphatic carboxylic acids is 1. The summed E-state index contributed by atoms with van der Waals surface area (Å²) in [6.07, 6.45) is 2.75. The van der Waals surface area contributed by atoms with Gasteiger partial charge in [0.15, 0.2) is 11.5 Å². The lowest BCUT2D eigenvalue weighted by Gasteiger charge is -2.32. The van der Waals surface area contributed by atoms with E-state index in [9.17, 15) is 23.5 Å². The van der Waals surface area contributed by atoms with Crippen LogP contribution in [0.25, 0.3) is 0 Å². The first-order valence-corrected chi connectivity index (χ1v) is 8.76. The Kier molecular flexibility index (Phi) is 7.78. The SMILES string of the molecule is COc1cc(CCNC(=O)CN2CCCCC2C(=O)O)ccc1OC(F)F. The average molecular weight is 386 g/mol. The van der Waals surface area contributed by atoms with Gasteiger partial charge in [-0.25, -0.2) is 0 Å². The van der Waals surface area contributed by atoms with Crippen LogP contribution in [0, 0.1) is 0 Å². The highest BCUT2D eigenvalue weighted by Crippen LogP contribution is 2.29. The van der Waals surface area contributed by atoms with Gasteiger partial charge in [-0.05, 0) is 43.5 Å². The van der Waals surface area contributed by atoms with E-state index in [0.717, 1.165) is 18.4 Å². The molecule has 1 atom stereocenters. The van der Waals surface area contributed by atoms with Crippen LogP contribution in [0.5, 0.6) is 11.5 Å². The van der Waals surface area contributed by atoms with E-state index >= 15 is 0 Å². The van der Waals surface area contributed by atoms with Crippen molar-refractivity contribution in [1.29, 1.82) is 0 Å². The minimum Gasteiger partial charge on any atom is -0.493 e. The maximum Gasteiger partial charge on any atom is 0.387 e. The fourth-order valence-electron chi connectivity index (χ4n) is 3.11. The van der Waals surface area contributed by atoms with Crippen LogP contribution in [0.15, 0.2) is 18.2 Å². The van der Waals surface area contributed by atoms with E-state index in [1.807, 2.05) is 0 Å². The van der Waals surface area contributed by atoms with E-state index in [2.05, 4.69) is 10.1 Å². The smallest absolute Gasteiger partial charge is 0.387 e. The van der Waals surface area contributed by atoms with Crippen LogP contribution < -0.4 is 14.8 Å². The van der Waals surface area contributed by atoms with Crippen molar-refractivity contribution >= 4 is 11.9 Å². The highest BCUT2D eigenvalue weighted by molar-refractivity contribution is 5.80. The van der Waals surface area contributed by atoms with E-state index in [0.29, 0.717) is 25.9 Å². The Morgan fingerprint density at radius 3 is 2.78 bits per heavy atom. The van der Waals surface area contributed by atoms with Gasteiger partial charge in [-0.1, -0.05) is 12.5 Å². The number of hydrogen-bond acceptors (Lipinski definition) is 5. The van der Waals surface area contributed by atoms with Crippen LogP contribution in [0.2, 0.25) is 0 Å². The zero-order chi connectivity index (χ0) is 19.8. The molecule has 9 heteroatoms. The molecule has 1 aromatic carbocycles. The first kappa shape index (κ1) is 20.9. The second kappa shape index (κ2) is 10.1. The molecule has 1 saturated heterocycles.